The van der Waals surface area contributed by atoms with Gasteiger partial charge in [0.2, 0.25) is 11.8 Å². The summed E-state index contributed by atoms with van der Waals surface area (Å²) < 4.78 is 71.8. The zero-order valence-corrected chi connectivity index (χ0v) is 21.0. The first-order chi connectivity index (χ1) is 17.3. The Labute approximate surface area is 211 Å². The first-order valence-electron chi connectivity index (χ1n) is 11.5. The molecule has 8 nitrogen and oxygen atoms in total. The maximum Gasteiger partial charge on any atom is 0.416 e. The Morgan fingerprint density at radius 3 is 2.27 bits per heavy atom. The lowest BCUT2D eigenvalue weighted by molar-refractivity contribution is -0.143. The summed E-state index contributed by atoms with van der Waals surface area (Å²) in [6.45, 7) is 4.52. The number of aromatic nitrogens is 1. The number of benzene rings is 2. The fraction of sp³-hybridized carbons (Fsp3) is 0.360. The molecule has 0 radical (unpaired) electrons. The Morgan fingerprint density at radius 2 is 1.65 bits per heavy atom. The molecule has 1 aromatic heterocycles. The van der Waals surface area contributed by atoms with Crippen LogP contribution in [0.4, 0.5) is 18.9 Å². The molecular weight excluding hydrogens is 511 g/mol. The third-order valence-corrected chi connectivity index (χ3v) is 7.62. The van der Waals surface area contributed by atoms with Crippen LogP contribution in [0.2, 0.25) is 0 Å². The SMILES string of the molecule is CC1CN(C(=O)Cn2cc(S(=O)(=O)CC(=O)Nc3ccc(C(F)(F)F)cc3)c3ccccc32)CC(C)O1. The molecular formula is C25H26F3N3O5S. The Balaban J connectivity index is 1.53. The molecule has 2 unspecified atom stereocenters. The van der Waals surface area contributed by atoms with Crippen molar-refractivity contribution in [2.45, 2.75) is 43.7 Å². The highest BCUT2D eigenvalue weighted by atomic mass is 32.2. The quantitative estimate of drug-likeness (QED) is 0.517. The van der Waals surface area contributed by atoms with Gasteiger partial charge in [0.15, 0.2) is 9.84 Å². The van der Waals surface area contributed by atoms with Crippen molar-refractivity contribution in [3.63, 3.8) is 0 Å². The third kappa shape index (κ3) is 6.13. The van der Waals surface area contributed by atoms with Gasteiger partial charge in [-0.05, 0) is 44.2 Å². The predicted molar refractivity (Wildman–Crippen MR) is 131 cm³/mol. The van der Waals surface area contributed by atoms with E-state index in [1.54, 1.807) is 33.7 Å². The molecule has 1 aliphatic heterocycles. The molecule has 12 heteroatoms. The van der Waals surface area contributed by atoms with Gasteiger partial charge in [-0.2, -0.15) is 13.2 Å². The lowest BCUT2D eigenvalue weighted by atomic mass is 10.2. The van der Waals surface area contributed by atoms with Crippen molar-refractivity contribution in [2.24, 2.45) is 0 Å². The fourth-order valence-electron chi connectivity index (χ4n) is 4.41. The topological polar surface area (TPSA) is 97.7 Å². The summed E-state index contributed by atoms with van der Waals surface area (Å²) in [7, 11) is -4.15. The molecule has 1 saturated heterocycles. The summed E-state index contributed by atoms with van der Waals surface area (Å²) in [4.78, 5) is 27.0. The number of morpholine rings is 1. The molecule has 2 heterocycles. The van der Waals surface area contributed by atoms with E-state index >= 15 is 0 Å². The van der Waals surface area contributed by atoms with E-state index in [0.717, 1.165) is 24.3 Å². The van der Waals surface area contributed by atoms with Gasteiger partial charge in [0.05, 0.1) is 22.7 Å². The number of hydrogen-bond acceptors (Lipinski definition) is 5. The molecule has 0 saturated carbocycles. The number of para-hydroxylation sites is 1. The molecule has 2 atom stereocenters. The Morgan fingerprint density at radius 1 is 1.03 bits per heavy atom. The number of hydrogen-bond donors (Lipinski definition) is 1. The van der Waals surface area contributed by atoms with Crippen LogP contribution < -0.4 is 5.32 Å². The van der Waals surface area contributed by atoms with Gasteiger partial charge in [-0.3, -0.25) is 9.59 Å². The molecule has 3 aromatic rings. The molecule has 37 heavy (non-hydrogen) atoms. The minimum Gasteiger partial charge on any atom is -0.372 e. The van der Waals surface area contributed by atoms with Crippen LogP contribution in [0.1, 0.15) is 19.4 Å². The lowest BCUT2D eigenvalue weighted by Gasteiger charge is -2.35. The van der Waals surface area contributed by atoms with Gasteiger partial charge >= 0.3 is 6.18 Å². The number of rotatable bonds is 6. The first kappa shape index (κ1) is 26.7. The van der Waals surface area contributed by atoms with E-state index in [-0.39, 0.29) is 35.2 Å². The summed E-state index contributed by atoms with van der Waals surface area (Å²) in [6.07, 6.45) is -3.42. The number of ether oxygens (including phenoxy) is 1. The van der Waals surface area contributed by atoms with E-state index in [4.69, 9.17) is 4.74 Å². The van der Waals surface area contributed by atoms with Crippen molar-refractivity contribution in [2.75, 3.05) is 24.2 Å². The zero-order chi connectivity index (χ0) is 27.0. The average molecular weight is 538 g/mol. The summed E-state index contributed by atoms with van der Waals surface area (Å²) in [5.41, 5.74) is -0.330. The van der Waals surface area contributed by atoms with Gasteiger partial charge in [-0.1, -0.05) is 18.2 Å². The highest BCUT2D eigenvalue weighted by Gasteiger charge is 2.31. The second-order valence-corrected chi connectivity index (χ2v) is 11.0. The van der Waals surface area contributed by atoms with E-state index in [0.29, 0.717) is 24.0 Å². The van der Waals surface area contributed by atoms with Crippen molar-refractivity contribution >= 4 is 38.2 Å². The number of nitrogens with zero attached hydrogens (tertiary/aromatic N) is 2. The van der Waals surface area contributed by atoms with E-state index in [1.165, 1.54) is 6.20 Å². The maximum absolute atomic E-state index is 13.2. The maximum atomic E-state index is 13.2. The van der Waals surface area contributed by atoms with Crippen LogP contribution >= 0.6 is 0 Å². The first-order valence-corrected chi connectivity index (χ1v) is 13.2. The molecule has 0 spiro atoms. The van der Waals surface area contributed by atoms with Crippen molar-refractivity contribution in [3.8, 4) is 0 Å². The largest absolute Gasteiger partial charge is 0.416 e. The minimum atomic E-state index is -4.53. The number of amides is 2. The minimum absolute atomic E-state index is 0.0372. The number of carbonyl (C=O) groups is 2. The number of alkyl halides is 3. The average Bonchev–Trinajstić information content (AvgIpc) is 3.17. The Bertz CT molecular complexity index is 1410. The van der Waals surface area contributed by atoms with Crippen LogP contribution in [0.5, 0.6) is 0 Å². The van der Waals surface area contributed by atoms with Gasteiger partial charge in [0.1, 0.15) is 12.3 Å². The standard InChI is InChI=1S/C25H26F3N3O5S/c1-16-11-31(12-17(2)36-16)24(33)14-30-13-22(20-5-3-4-6-21(20)30)37(34,35)15-23(32)29-19-9-7-18(8-10-19)25(26,27)28/h3-10,13,16-17H,11-12,14-15H2,1-2H3,(H,29,32). The van der Waals surface area contributed by atoms with Crippen LogP contribution in [0.15, 0.2) is 59.6 Å². The van der Waals surface area contributed by atoms with E-state index in [2.05, 4.69) is 5.32 Å². The monoisotopic (exact) mass is 537 g/mol. The highest BCUT2D eigenvalue weighted by Crippen LogP contribution is 2.30. The number of carbonyl (C=O) groups excluding carboxylic acids is 2. The molecule has 4 rings (SSSR count). The van der Waals surface area contributed by atoms with Crippen LogP contribution in [0.25, 0.3) is 10.9 Å². The van der Waals surface area contributed by atoms with Crippen LogP contribution in [0, 0.1) is 0 Å². The predicted octanol–water partition coefficient (Wildman–Crippen LogP) is 3.71. The van der Waals surface area contributed by atoms with Crippen molar-refractivity contribution in [1.82, 2.24) is 9.47 Å². The van der Waals surface area contributed by atoms with Gasteiger partial charge in [0, 0.05) is 35.9 Å². The van der Waals surface area contributed by atoms with Gasteiger partial charge in [-0.25, -0.2) is 8.42 Å². The molecule has 1 N–H and O–H groups in total. The van der Waals surface area contributed by atoms with Crippen molar-refractivity contribution < 1.29 is 35.9 Å². The highest BCUT2D eigenvalue weighted by molar-refractivity contribution is 7.92. The van der Waals surface area contributed by atoms with Gasteiger partial charge in [0.25, 0.3) is 0 Å². The molecule has 0 aliphatic carbocycles. The Kier molecular flexibility index (Phi) is 7.33. The second kappa shape index (κ2) is 10.2. The molecule has 2 aromatic carbocycles. The van der Waals surface area contributed by atoms with Crippen molar-refractivity contribution in [1.29, 1.82) is 0 Å². The number of sulfone groups is 1. The van der Waals surface area contributed by atoms with Gasteiger partial charge in [-0.15, -0.1) is 0 Å². The molecule has 2 amide bonds. The second-order valence-electron chi connectivity index (χ2n) is 9.08. The zero-order valence-electron chi connectivity index (χ0n) is 20.2. The molecule has 198 valence electrons. The third-order valence-electron chi connectivity index (χ3n) is 5.98. The number of fused-ring (bicyclic) bond motifs is 1. The lowest BCUT2D eigenvalue weighted by Crippen LogP contribution is -2.49. The summed E-state index contributed by atoms with van der Waals surface area (Å²) >= 11 is 0. The fourth-order valence-corrected chi connectivity index (χ4v) is 5.78. The molecule has 1 fully saturated rings. The van der Waals surface area contributed by atoms with Crippen LogP contribution in [-0.4, -0.2) is 60.7 Å². The number of nitrogens with one attached hydrogen (secondary N) is 1. The number of halogens is 3. The van der Waals surface area contributed by atoms with Gasteiger partial charge < -0.3 is 19.5 Å². The normalized spacial score (nSPS) is 18.7. The van der Waals surface area contributed by atoms with E-state index in [1.807, 2.05) is 13.8 Å². The summed E-state index contributed by atoms with van der Waals surface area (Å²) in [5, 5.41) is 2.68. The summed E-state index contributed by atoms with van der Waals surface area (Å²) in [6, 6.07) is 10.4. The number of anilines is 1. The van der Waals surface area contributed by atoms with E-state index < -0.39 is 33.2 Å². The van der Waals surface area contributed by atoms with Crippen LogP contribution in [0.3, 0.4) is 0 Å². The smallest absolute Gasteiger partial charge is 0.372 e. The Hall–Kier alpha value is -3.38. The van der Waals surface area contributed by atoms with Crippen LogP contribution in [-0.2, 0) is 36.9 Å². The van der Waals surface area contributed by atoms with E-state index in [9.17, 15) is 31.2 Å². The van der Waals surface area contributed by atoms with Crippen molar-refractivity contribution in [3.05, 3.63) is 60.3 Å². The molecule has 0 bridgehead atoms. The summed E-state index contributed by atoms with van der Waals surface area (Å²) in [5.74, 6) is -2.01. The molecule has 1 aliphatic rings.